The van der Waals surface area contributed by atoms with E-state index in [0.717, 1.165) is 5.56 Å². The van der Waals surface area contributed by atoms with Gasteiger partial charge in [0.25, 0.3) is 5.91 Å². The molecule has 0 saturated heterocycles. The zero-order valence-electron chi connectivity index (χ0n) is 12.2. The van der Waals surface area contributed by atoms with Gasteiger partial charge in [-0.1, -0.05) is 19.9 Å². The first kappa shape index (κ1) is 18.4. The molecule has 0 unspecified atom stereocenters. The number of carbonyl (C=O) groups is 2. The van der Waals surface area contributed by atoms with Gasteiger partial charge in [-0.25, -0.2) is 0 Å². The second-order valence-corrected chi connectivity index (χ2v) is 4.82. The molecule has 0 bridgehead atoms. The molecule has 0 saturated carbocycles. The molecule has 0 heterocycles. The first-order valence-electron chi connectivity index (χ1n) is 6.26. The number of amides is 2. The fraction of sp³-hybridized carbons (Fsp3) is 0.429. The molecule has 112 valence electrons. The summed E-state index contributed by atoms with van der Waals surface area (Å²) < 4.78 is 0. The third kappa shape index (κ3) is 4.21. The van der Waals surface area contributed by atoms with Gasteiger partial charge in [0.2, 0.25) is 5.91 Å². The topological polar surface area (TPSA) is 84.2 Å². The van der Waals surface area contributed by atoms with Crippen molar-refractivity contribution in [3.8, 4) is 0 Å². The molecular formula is C14H22ClN3O2. The van der Waals surface area contributed by atoms with E-state index >= 15 is 0 Å². The standard InChI is InChI=1S/C14H21N3O2.ClH/c1-8(2)12(15)14(19)17-11-7-5-6-10(9(11)3)13(18)16-4;/h5-8,12H,15H2,1-4H3,(H,16,18)(H,17,19);1H/t12-;/m1./s1. The lowest BCUT2D eigenvalue weighted by Gasteiger charge is -2.17. The minimum atomic E-state index is -0.567. The molecule has 1 aromatic carbocycles. The van der Waals surface area contributed by atoms with E-state index in [1.807, 2.05) is 13.8 Å². The maximum atomic E-state index is 11.9. The number of nitrogens with two attached hydrogens (primary N) is 1. The van der Waals surface area contributed by atoms with Crippen molar-refractivity contribution in [3.05, 3.63) is 29.3 Å². The number of rotatable bonds is 4. The largest absolute Gasteiger partial charge is 0.355 e. The van der Waals surface area contributed by atoms with E-state index in [1.165, 1.54) is 0 Å². The molecule has 0 aliphatic rings. The predicted molar refractivity (Wildman–Crippen MR) is 83.3 cm³/mol. The first-order valence-corrected chi connectivity index (χ1v) is 6.26. The molecule has 1 rings (SSSR count). The molecule has 4 N–H and O–H groups in total. The summed E-state index contributed by atoms with van der Waals surface area (Å²) in [5.74, 6) is -0.364. The first-order chi connectivity index (χ1) is 8.88. The lowest BCUT2D eigenvalue weighted by atomic mass is 10.0. The van der Waals surface area contributed by atoms with Crippen LogP contribution in [0.5, 0.6) is 0 Å². The zero-order chi connectivity index (χ0) is 14.6. The molecule has 20 heavy (non-hydrogen) atoms. The van der Waals surface area contributed by atoms with E-state index in [9.17, 15) is 9.59 Å². The van der Waals surface area contributed by atoms with Crippen LogP contribution in [0.3, 0.4) is 0 Å². The number of anilines is 1. The number of halogens is 1. The quantitative estimate of drug-likeness (QED) is 0.791. The van der Waals surface area contributed by atoms with Crippen LogP contribution in [-0.2, 0) is 4.79 Å². The minimum absolute atomic E-state index is 0. The van der Waals surface area contributed by atoms with Crippen LogP contribution < -0.4 is 16.4 Å². The molecule has 0 radical (unpaired) electrons. The van der Waals surface area contributed by atoms with Crippen molar-refractivity contribution in [2.24, 2.45) is 11.7 Å². The zero-order valence-corrected chi connectivity index (χ0v) is 13.0. The van der Waals surface area contributed by atoms with Gasteiger partial charge in [-0.3, -0.25) is 9.59 Å². The average Bonchev–Trinajstić information content (AvgIpc) is 2.39. The van der Waals surface area contributed by atoms with Gasteiger partial charge in [0.1, 0.15) is 0 Å². The second kappa shape index (κ2) is 7.87. The van der Waals surface area contributed by atoms with Gasteiger partial charge in [-0.2, -0.15) is 0 Å². The minimum Gasteiger partial charge on any atom is -0.355 e. The van der Waals surface area contributed by atoms with Crippen LogP contribution >= 0.6 is 12.4 Å². The van der Waals surface area contributed by atoms with Crippen molar-refractivity contribution in [1.29, 1.82) is 0 Å². The molecular weight excluding hydrogens is 278 g/mol. The highest BCUT2D eigenvalue weighted by atomic mass is 35.5. The molecule has 0 aromatic heterocycles. The molecule has 1 atom stereocenters. The summed E-state index contributed by atoms with van der Waals surface area (Å²) in [6.07, 6.45) is 0. The van der Waals surface area contributed by atoms with Gasteiger partial charge in [0.15, 0.2) is 0 Å². The van der Waals surface area contributed by atoms with E-state index in [1.54, 1.807) is 32.2 Å². The van der Waals surface area contributed by atoms with Crippen molar-refractivity contribution in [3.63, 3.8) is 0 Å². The highest BCUT2D eigenvalue weighted by Crippen LogP contribution is 2.19. The summed E-state index contributed by atoms with van der Waals surface area (Å²) >= 11 is 0. The SMILES string of the molecule is CNC(=O)c1cccc(NC(=O)[C@H](N)C(C)C)c1C.Cl. The van der Waals surface area contributed by atoms with Gasteiger partial charge in [0, 0.05) is 18.3 Å². The Labute approximate surface area is 125 Å². The molecule has 2 amide bonds. The van der Waals surface area contributed by atoms with Crippen molar-refractivity contribution in [2.75, 3.05) is 12.4 Å². The summed E-state index contributed by atoms with van der Waals surface area (Å²) in [4.78, 5) is 23.6. The lowest BCUT2D eigenvalue weighted by Crippen LogP contribution is -2.40. The molecule has 0 aliphatic heterocycles. The maximum Gasteiger partial charge on any atom is 0.251 e. The Morgan fingerprint density at radius 2 is 1.85 bits per heavy atom. The van der Waals surface area contributed by atoms with Gasteiger partial charge < -0.3 is 16.4 Å². The Balaban J connectivity index is 0.00000361. The van der Waals surface area contributed by atoms with Crippen molar-refractivity contribution in [2.45, 2.75) is 26.8 Å². The van der Waals surface area contributed by atoms with E-state index < -0.39 is 6.04 Å². The van der Waals surface area contributed by atoms with Gasteiger partial charge in [0.05, 0.1) is 6.04 Å². The summed E-state index contributed by atoms with van der Waals surface area (Å²) in [6, 6.07) is 4.63. The Morgan fingerprint density at radius 3 is 2.35 bits per heavy atom. The highest BCUT2D eigenvalue weighted by molar-refractivity contribution is 6.00. The number of hydrogen-bond acceptors (Lipinski definition) is 3. The Kier molecular flexibility index (Phi) is 7.24. The Bertz CT molecular complexity index is 489. The monoisotopic (exact) mass is 299 g/mol. The molecule has 5 nitrogen and oxygen atoms in total. The van der Waals surface area contributed by atoms with Gasteiger partial charge in [-0.05, 0) is 30.5 Å². The van der Waals surface area contributed by atoms with Gasteiger partial charge >= 0.3 is 0 Å². The molecule has 0 spiro atoms. The smallest absolute Gasteiger partial charge is 0.251 e. The van der Waals surface area contributed by atoms with Crippen molar-refractivity contribution >= 4 is 29.9 Å². The average molecular weight is 300 g/mol. The van der Waals surface area contributed by atoms with Gasteiger partial charge in [-0.15, -0.1) is 12.4 Å². The third-order valence-corrected chi connectivity index (χ3v) is 3.08. The van der Waals surface area contributed by atoms with E-state index in [4.69, 9.17) is 5.73 Å². The van der Waals surface area contributed by atoms with Crippen LogP contribution in [0.15, 0.2) is 18.2 Å². The van der Waals surface area contributed by atoms with Crippen molar-refractivity contribution in [1.82, 2.24) is 5.32 Å². The number of benzene rings is 1. The summed E-state index contributed by atoms with van der Waals surface area (Å²) in [5.41, 5.74) is 7.67. The van der Waals surface area contributed by atoms with Crippen LogP contribution in [-0.4, -0.2) is 24.9 Å². The van der Waals surface area contributed by atoms with Crippen LogP contribution in [0.4, 0.5) is 5.69 Å². The molecule has 1 aromatic rings. The second-order valence-electron chi connectivity index (χ2n) is 4.82. The molecule has 0 fully saturated rings. The normalized spacial score (nSPS) is 11.5. The van der Waals surface area contributed by atoms with Crippen LogP contribution in [0.1, 0.15) is 29.8 Å². The van der Waals surface area contributed by atoms with E-state index in [2.05, 4.69) is 10.6 Å². The molecule has 6 heteroatoms. The number of carbonyl (C=O) groups excluding carboxylic acids is 2. The summed E-state index contributed by atoms with van der Waals surface area (Å²) in [5, 5.41) is 5.33. The van der Waals surface area contributed by atoms with Crippen LogP contribution in [0, 0.1) is 12.8 Å². The van der Waals surface area contributed by atoms with Crippen LogP contribution in [0.25, 0.3) is 0 Å². The predicted octanol–water partition coefficient (Wildman–Crippen LogP) is 1.70. The third-order valence-electron chi connectivity index (χ3n) is 3.08. The van der Waals surface area contributed by atoms with Crippen molar-refractivity contribution < 1.29 is 9.59 Å². The van der Waals surface area contributed by atoms with E-state index in [0.29, 0.717) is 11.3 Å². The Hall–Kier alpha value is -1.59. The van der Waals surface area contributed by atoms with E-state index in [-0.39, 0.29) is 30.1 Å². The number of hydrogen-bond donors (Lipinski definition) is 3. The fourth-order valence-corrected chi connectivity index (χ4v) is 1.67. The highest BCUT2D eigenvalue weighted by Gasteiger charge is 2.19. The van der Waals surface area contributed by atoms with Crippen LogP contribution in [0.2, 0.25) is 0 Å². The summed E-state index contributed by atoms with van der Waals surface area (Å²) in [7, 11) is 1.57. The molecule has 0 aliphatic carbocycles. The fourth-order valence-electron chi connectivity index (χ4n) is 1.67. The lowest BCUT2D eigenvalue weighted by molar-refractivity contribution is -0.118. The summed E-state index contributed by atoms with van der Waals surface area (Å²) in [6.45, 7) is 5.57. The number of nitrogens with one attached hydrogen (secondary N) is 2. The Morgan fingerprint density at radius 1 is 1.25 bits per heavy atom. The maximum absolute atomic E-state index is 11.9.